The van der Waals surface area contributed by atoms with E-state index in [1.807, 2.05) is 0 Å². The van der Waals surface area contributed by atoms with Crippen LogP contribution in [0.15, 0.2) is 78.9 Å². The second-order valence-corrected chi connectivity index (χ2v) is 17.3. The summed E-state index contributed by atoms with van der Waals surface area (Å²) in [4.78, 5) is 118. The molecule has 68 heavy (non-hydrogen) atoms. The number of phenolic OH excluding ortho intramolecular Hbond substituents is 2. The van der Waals surface area contributed by atoms with E-state index in [0.717, 1.165) is 32.7 Å². The third-order valence-corrected chi connectivity index (χ3v) is 11.8. The third-order valence-electron chi connectivity index (χ3n) is 11.1. The number of esters is 1. The van der Waals surface area contributed by atoms with Crippen LogP contribution in [0.2, 0.25) is 0 Å². The average Bonchev–Trinajstić information content (AvgIpc) is 3.28. The molecule has 1 heterocycles. The van der Waals surface area contributed by atoms with E-state index in [1.54, 1.807) is 56.3 Å². The first-order valence-electron chi connectivity index (χ1n) is 21.1. The number of aromatic hydroxyl groups is 2. The number of aryl methyl sites for hydroxylation is 2. The number of benzene rings is 4. The summed E-state index contributed by atoms with van der Waals surface area (Å²) in [5, 5.41) is 60.6. The van der Waals surface area contributed by atoms with E-state index in [2.05, 4.69) is 38.5 Å². The van der Waals surface area contributed by atoms with Crippen LogP contribution in [-0.2, 0) is 52.8 Å². The normalized spacial score (nSPS) is 14.6. The van der Waals surface area contributed by atoms with Gasteiger partial charge >= 0.3 is 23.3 Å². The van der Waals surface area contributed by atoms with Crippen molar-refractivity contribution in [2.24, 2.45) is 0 Å². The Labute approximate surface area is 401 Å². The number of Topliss-reactive ketones (excluding diaryl/α,β-unsaturated/α-hetero) is 1. The lowest BCUT2D eigenvalue weighted by Gasteiger charge is -2.38. The van der Waals surface area contributed by atoms with Gasteiger partial charge in [0.05, 0.1) is 28.3 Å². The zero-order valence-electron chi connectivity index (χ0n) is 36.6. The molecule has 1 aliphatic rings. The number of carbonyl (C=O) groups is 7. The topological polar surface area (TPSA) is 315 Å². The number of phenols is 2. The molecule has 1 unspecified atom stereocenters. The molecule has 0 aliphatic carbocycles. The minimum absolute atomic E-state index is 0.0271. The number of nitro groups is 2. The number of nitrogens with zero attached hydrogens (tertiary/aromatic N) is 3. The Morgan fingerprint density at radius 1 is 0.765 bits per heavy atom. The van der Waals surface area contributed by atoms with Gasteiger partial charge < -0.3 is 40.9 Å². The summed E-state index contributed by atoms with van der Waals surface area (Å²) in [6.45, 7) is 2.38. The summed E-state index contributed by atoms with van der Waals surface area (Å²) in [6.07, 6.45) is -1.15. The molecular formula is C46H47IN6O15. The van der Waals surface area contributed by atoms with Crippen LogP contribution in [0.25, 0.3) is 0 Å². The van der Waals surface area contributed by atoms with Gasteiger partial charge in [-0.05, 0) is 108 Å². The molecule has 4 amide bonds. The number of piperidine rings is 1. The molecule has 0 bridgehead atoms. The Morgan fingerprint density at radius 2 is 1.34 bits per heavy atom. The summed E-state index contributed by atoms with van der Waals surface area (Å²) >= 11 is 2.07. The van der Waals surface area contributed by atoms with Gasteiger partial charge in [0.1, 0.15) is 24.2 Å². The zero-order valence-corrected chi connectivity index (χ0v) is 38.8. The number of hydrogen-bond acceptors (Lipinski definition) is 14. The van der Waals surface area contributed by atoms with E-state index in [9.17, 15) is 69.1 Å². The Morgan fingerprint density at radius 3 is 1.94 bits per heavy atom. The zero-order chi connectivity index (χ0) is 49.8. The van der Waals surface area contributed by atoms with Gasteiger partial charge in [-0.1, -0.05) is 42.5 Å². The molecule has 4 aromatic rings. The molecule has 4 aromatic carbocycles. The third kappa shape index (κ3) is 13.8. The molecule has 1 saturated heterocycles. The second kappa shape index (κ2) is 23.3. The second-order valence-electron chi connectivity index (χ2n) is 16.1. The van der Waals surface area contributed by atoms with Crippen molar-refractivity contribution in [1.82, 2.24) is 20.9 Å². The molecule has 1 aliphatic heterocycles. The van der Waals surface area contributed by atoms with Crippen LogP contribution in [0, 0.1) is 37.6 Å². The van der Waals surface area contributed by atoms with Crippen molar-refractivity contribution in [2.45, 2.75) is 83.0 Å². The van der Waals surface area contributed by atoms with E-state index < -0.39 is 124 Å². The van der Waals surface area contributed by atoms with Crippen LogP contribution in [-0.4, -0.2) is 109 Å². The first-order chi connectivity index (χ1) is 32.2. The van der Waals surface area contributed by atoms with Gasteiger partial charge in [0.2, 0.25) is 23.6 Å². The summed E-state index contributed by atoms with van der Waals surface area (Å²) in [5.41, 5.74) is 0.801. The molecule has 4 atom stereocenters. The summed E-state index contributed by atoms with van der Waals surface area (Å²) < 4.78 is 6.09. The van der Waals surface area contributed by atoms with Crippen LogP contribution >= 0.6 is 22.6 Å². The lowest BCUT2D eigenvalue weighted by Crippen LogP contribution is -2.61. The maximum absolute atomic E-state index is 14.8. The fraction of sp³-hybridized carbons (Fsp3) is 0.326. The number of nitrogens with one attached hydrogen (secondary N) is 3. The number of carboxylic acids is 1. The number of rotatable bonds is 20. The molecule has 1 fully saturated rings. The summed E-state index contributed by atoms with van der Waals surface area (Å²) in [5.74, 6) is -8.04. The van der Waals surface area contributed by atoms with Gasteiger partial charge in [-0.2, -0.15) is 0 Å². The molecule has 0 spiro atoms. The quantitative estimate of drug-likeness (QED) is 0.0317. The Balaban J connectivity index is 1.43. The summed E-state index contributed by atoms with van der Waals surface area (Å²) in [6, 6.07) is 12.6. The number of nitro benzene ring substituents is 2. The fourth-order valence-corrected chi connectivity index (χ4v) is 8.03. The highest BCUT2D eigenvalue weighted by Crippen LogP contribution is 2.29. The van der Waals surface area contributed by atoms with Gasteiger partial charge in [-0.3, -0.25) is 49.0 Å². The minimum Gasteiger partial charge on any atom is -0.502 e. The first-order valence-corrected chi connectivity index (χ1v) is 22.2. The number of carbonyl (C=O) groups excluding carboxylic acids is 6. The molecular weight excluding hydrogens is 1000 g/mol. The number of likely N-dealkylation sites (tertiary alicyclic amines) is 1. The number of hydrogen-bond donors (Lipinski definition) is 6. The SMILES string of the molecule is Cc1cccc(C)c1C(=O)OCC(=O)[C@H](CC(=O)O)NC(=O)C1CCCCN1C(=O)[C@@H](Cc1ccc(O)c([N+](=O)[O-])c1)NC(=O)[C@@H](Cc1ccc(I)cc1)NC(=O)Cc1ccc(O)c([N+](=O)[O-])c1. The van der Waals surface area contributed by atoms with E-state index in [4.69, 9.17) is 4.74 Å². The van der Waals surface area contributed by atoms with Crippen molar-refractivity contribution in [3.63, 3.8) is 0 Å². The number of ether oxygens (including phenoxy) is 1. The van der Waals surface area contributed by atoms with Gasteiger partial charge in [0, 0.05) is 35.1 Å². The average molecular weight is 1050 g/mol. The van der Waals surface area contributed by atoms with Crippen molar-refractivity contribution >= 4 is 75.3 Å². The highest BCUT2D eigenvalue weighted by molar-refractivity contribution is 14.1. The van der Waals surface area contributed by atoms with E-state index in [-0.39, 0.29) is 36.1 Å². The van der Waals surface area contributed by atoms with Crippen molar-refractivity contribution in [3.05, 3.63) is 136 Å². The van der Waals surface area contributed by atoms with E-state index in [0.29, 0.717) is 29.5 Å². The Kier molecular flexibility index (Phi) is 17.6. The van der Waals surface area contributed by atoms with Crippen molar-refractivity contribution in [3.8, 4) is 11.5 Å². The van der Waals surface area contributed by atoms with Gasteiger partial charge in [-0.15, -0.1) is 0 Å². The van der Waals surface area contributed by atoms with Crippen LogP contribution in [0.5, 0.6) is 11.5 Å². The molecule has 0 saturated carbocycles. The fourth-order valence-electron chi connectivity index (χ4n) is 7.67. The van der Waals surface area contributed by atoms with Gasteiger partial charge in [0.25, 0.3) is 0 Å². The van der Waals surface area contributed by atoms with Crippen LogP contribution < -0.4 is 16.0 Å². The molecule has 0 aromatic heterocycles. The van der Waals surface area contributed by atoms with Crippen molar-refractivity contribution < 1.29 is 63.5 Å². The highest BCUT2D eigenvalue weighted by Gasteiger charge is 2.39. The van der Waals surface area contributed by atoms with Crippen LogP contribution in [0.1, 0.15) is 63.9 Å². The van der Waals surface area contributed by atoms with Crippen molar-refractivity contribution in [2.75, 3.05) is 13.2 Å². The highest BCUT2D eigenvalue weighted by atomic mass is 127. The molecule has 6 N–H and O–H groups in total. The summed E-state index contributed by atoms with van der Waals surface area (Å²) in [7, 11) is 0. The number of amides is 4. The number of aliphatic carboxylic acids is 1. The van der Waals surface area contributed by atoms with Crippen LogP contribution in [0.3, 0.4) is 0 Å². The lowest BCUT2D eigenvalue weighted by atomic mass is 9.96. The first kappa shape index (κ1) is 51.5. The van der Waals surface area contributed by atoms with Gasteiger partial charge in [0.15, 0.2) is 23.9 Å². The van der Waals surface area contributed by atoms with E-state index in [1.165, 1.54) is 12.1 Å². The molecule has 5 rings (SSSR count). The van der Waals surface area contributed by atoms with E-state index >= 15 is 0 Å². The predicted octanol–water partition coefficient (Wildman–Crippen LogP) is 3.90. The standard InChI is InChI=1S/C46H47IN6O15/c1-25-6-5-7-26(2)42(25)46(63)68-24-39(56)31(23-41(58)59)49-44(61)34-8-3-4-17-51(34)45(62)33(19-28-11-15-37(54)35(20-28)52(64)65)50-43(60)32(18-27-9-13-30(47)14-10-27)48-40(57)22-29-12-16-38(55)36(21-29)53(66)67/h5-7,9-16,20-21,31-34,54-55H,3-4,8,17-19,22-24H2,1-2H3,(H,48,57)(H,49,61)(H,50,60)(H,58,59)/t31-,32+,33+,34?/m0/s1. The Hall–Kier alpha value is -7.50. The maximum Gasteiger partial charge on any atom is 0.339 e. The molecule has 358 valence electrons. The molecule has 22 heteroatoms. The largest absolute Gasteiger partial charge is 0.502 e. The maximum atomic E-state index is 14.8. The van der Waals surface area contributed by atoms with Crippen LogP contribution in [0.4, 0.5) is 11.4 Å². The number of halogens is 1. The molecule has 21 nitrogen and oxygen atoms in total. The lowest BCUT2D eigenvalue weighted by molar-refractivity contribution is -0.386. The Bertz CT molecular complexity index is 2600. The monoisotopic (exact) mass is 1050 g/mol. The number of ketones is 1. The number of carboxylic acid groups (broad SMARTS) is 1. The smallest absolute Gasteiger partial charge is 0.339 e. The van der Waals surface area contributed by atoms with Gasteiger partial charge in [-0.25, -0.2) is 4.79 Å². The minimum atomic E-state index is -1.70. The van der Waals surface area contributed by atoms with Crippen molar-refractivity contribution in [1.29, 1.82) is 0 Å². The predicted molar refractivity (Wildman–Crippen MR) is 248 cm³/mol. The molecule has 0 radical (unpaired) electrons.